The Balaban J connectivity index is 1.23. The third kappa shape index (κ3) is 4.76. The molecule has 210 valence electrons. The topological polar surface area (TPSA) is 101 Å². The number of carbonyl (C=O) groups excluding carboxylic acids is 1. The zero-order chi connectivity index (χ0) is 28.0. The lowest BCUT2D eigenvalue weighted by Crippen LogP contribution is -2.69. The van der Waals surface area contributed by atoms with E-state index in [0.717, 1.165) is 47.3 Å². The number of aromatic amines is 1. The molecule has 0 radical (unpaired) electrons. The van der Waals surface area contributed by atoms with Crippen LogP contribution in [0.2, 0.25) is 0 Å². The summed E-state index contributed by atoms with van der Waals surface area (Å²) >= 11 is 1.36. The summed E-state index contributed by atoms with van der Waals surface area (Å²) in [6, 6.07) is 8.09. The molecule has 4 atom stereocenters. The van der Waals surface area contributed by atoms with E-state index >= 15 is 0 Å². The lowest BCUT2D eigenvalue weighted by Gasteiger charge is -2.56. The second-order valence-corrected chi connectivity index (χ2v) is 11.5. The molecule has 0 saturated carbocycles. The Morgan fingerprint density at radius 1 is 1.27 bits per heavy atom. The number of aromatic nitrogens is 2. The summed E-state index contributed by atoms with van der Waals surface area (Å²) in [5.74, 6) is 0.183. The minimum absolute atomic E-state index is 0.0309. The van der Waals surface area contributed by atoms with Crippen LogP contribution >= 0.6 is 11.8 Å². The van der Waals surface area contributed by atoms with Crippen molar-refractivity contribution in [2.24, 2.45) is 4.99 Å². The van der Waals surface area contributed by atoms with E-state index in [9.17, 15) is 9.18 Å². The van der Waals surface area contributed by atoms with Crippen LogP contribution in [0.4, 0.5) is 15.9 Å². The number of benzene rings is 1. The number of piperidine rings is 1. The number of piperazine rings is 1. The number of aliphatic imine (C=N–C) groups is 1. The van der Waals surface area contributed by atoms with E-state index in [2.05, 4.69) is 49.7 Å². The van der Waals surface area contributed by atoms with Gasteiger partial charge in [-0.1, -0.05) is 13.0 Å². The van der Waals surface area contributed by atoms with Gasteiger partial charge in [-0.3, -0.25) is 14.6 Å². The Hall–Kier alpha value is -3.41. The molecule has 0 spiro atoms. The number of nitrogens with one attached hydrogen (secondary N) is 4. The number of halogens is 1. The molecule has 11 heteroatoms. The first-order valence-corrected chi connectivity index (χ1v) is 14.9. The average molecular weight is 563 g/mol. The maximum absolute atomic E-state index is 14.8. The van der Waals surface area contributed by atoms with Crippen molar-refractivity contribution in [3.63, 3.8) is 0 Å². The second kappa shape index (κ2) is 10.9. The van der Waals surface area contributed by atoms with Crippen LogP contribution in [0.25, 0.3) is 10.9 Å². The molecular formula is C29H35FN8OS. The number of likely N-dealkylation sites (N-methyl/N-ethyl adjacent to an activating group) is 1. The number of allylic oxidation sites excluding steroid dienone is 1. The summed E-state index contributed by atoms with van der Waals surface area (Å²) < 4.78 is 14.8. The Labute approximate surface area is 237 Å². The average Bonchev–Trinajstić information content (AvgIpc) is 3.40. The Kier molecular flexibility index (Phi) is 7.28. The summed E-state index contributed by atoms with van der Waals surface area (Å²) in [6.45, 7) is 5.88. The lowest BCUT2D eigenvalue weighted by molar-refractivity contribution is -0.127. The van der Waals surface area contributed by atoms with Gasteiger partial charge in [0.05, 0.1) is 23.0 Å². The molecule has 4 unspecified atom stereocenters. The van der Waals surface area contributed by atoms with Crippen molar-refractivity contribution in [1.82, 2.24) is 25.1 Å². The minimum Gasteiger partial charge on any atom is -0.357 e. The summed E-state index contributed by atoms with van der Waals surface area (Å²) in [7, 11) is 2.17. The van der Waals surface area contributed by atoms with E-state index in [1.54, 1.807) is 18.3 Å². The molecule has 1 aromatic carbocycles. The predicted molar refractivity (Wildman–Crippen MR) is 159 cm³/mol. The van der Waals surface area contributed by atoms with Crippen molar-refractivity contribution >= 4 is 45.8 Å². The first-order chi connectivity index (χ1) is 19.4. The number of nitrogens with zero attached hydrogens (tertiary/aromatic N) is 4. The number of fused-ring (bicyclic) bond motifs is 3. The molecule has 3 fully saturated rings. The first-order valence-electron chi connectivity index (χ1n) is 13.7. The van der Waals surface area contributed by atoms with Crippen LogP contribution in [0.15, 0.2) is 58.3 Å². The van der Waals surface area contributed by atoms with Crippen molar-refractivity contribution in [3.05, 3.63) is 59.8 Å². The van der Waals surface area contributed by atoms with Gasteiger partial charge in [-0.15, -0.1) is 11.8 Å². The molecule has 9 nitrogen and oxygen atoms in total. The summed E-state index contributed by atoms with van der Waals surface area (Å²) in [5.41, 5.74) is 3.74. The van der Waals surface area contributed by atoms with Gasteiger partial charge in [0.1, 0.15) is 0 Å². The molecule has 1 amide bonds. The molecule has 2 bridgehead atoms. The summed E-state index contributed by atoms with van der Waals surface area (Å²) in [6.07, 6.45) is 8.75. The molecule has 40 heavy (non-hydrogen) atoms. The zero-order valence-electron chi connectivity index (χ0n) is 23.2. The van der Waals surface area contributed by atoms with Gasteiger partial charge in [0.15, 0.2) is 17.9 Å². The molecule has 0 aliphatic carbocycles. The fourth-order valence-corrected chi connectivity index (χ4v) is 6.57. The Morgan fingerprint density at radius 2 is 2.08 bits per heavy atom. The maximum atomic E-state index is 14.8. The third-order valence-corrected chi connectivity index (χ3v) is 9.14. The molecular weight excluding hydrogens is 527 g/mol. The number of rotatable bonds is 8. The van der Waals surface area contributed by atoms with Gasteiger partial charge in [-0.05, 0) is 56.8 Å². The second-order valence-electron chi connectivity index (χ2n) is 10.7. The van der Waals surface area contributed by atoms with Crippen LogP contribution in [-0.4, -0.2) is 82.2 Å². The van der Waals surface area contributed by atoms with E-state index in [-0.39, 0.29) is 17.8 Å². The normalized spacial score (nSPS) is 23.6. The van der Waals surface area contributed by atoms with Gasteiger partial charge < -0.3 is 20.9 Å². The standard InChI is InChI=1S/C29H35FN8OS/c1-5-22(38-14-17-11-18(15-38)37(17)3)28(39)36-27-26-19(9-10-31-27)20(13-32-26)25-16(2)12-33-29(35-25)34-21-7-6-8-23(40-4)24(21)30/h6-10,12-13,17-18,22,29,32-34H,5,11,14-15H2,1-4H3,(H,31,36,39). The van der Waals surface area contributed by atoms with Crippen molar-refractivity contribution < 1.29 is 9.18 Å². The highest BCUT2D eigenvalue weighted by Gasteiger charge is 2.44. The van der Waals surface area contributed by atoms with Gasteiger partial charge in [0.2, 0.25) is 5.91 Å². The molecule has 4 N–H and O–H groups in total. The molecule has 2 aromatic heterocycles. The third-order valence-electron chi connectivity index (χ3n) is 8.38. The fraction of sp³-hybridized carbons (Fsp3) is 0.414. The van der Waals surface area contributed by atoms with E-state index in [0.29, 0.717) is 28.5 Å². The maximum Gasteiger partial charge on any atom is 0.242 e. The van der Waals surface area contributed by atoms with Crippen molar-refractivity contribution in [1.29, 1.82) is 0 Å². The molecule has 4 aliphatic rings. The van der Waals surface area contributed by atoms with Crippen LogP contribution in [0.3, 0.4) is 0 Å². The number of amides is 1. The highest BCUT2D eigenvalue weighted by atomic mass is 32.2. The van der Waals surface area contributed by atoms with E-state index in [4.69, 9.17) is 4.99 Å². The number of H-pyrrole nitrogens is 1. The number of hydrogen-bond donors (Lipinski definition) is 4. The Bertz CT molecular complexity index is 1490. The van der Waals surface area contributed by atoms with Crippen LogP contribution in [0.1, 0.15) is 32.3 Å². The highest BCUT2D eigenvalue weighted by Crippen LogP contribution is 2.33. The monoisotopic (exact) mass is 562 g/mol. The van der Waals surface area contributed by atoms with Gasteiger partial charge in [0, 0.05) is 59.6 Å². The number of anilines is 2. The quantitative estimate of drug-likeness (QED) is 0.305. The van der Waals surface area contributed by atoms with Gasteiger partial charge in [0.25, 0.3) is 0 Å². The zero-order valence-corrected chi connectivity index (χ0v) is 24.0. The fourth-order valence-electron chi connectivity index (χ4n) is 6.06. The van der Waals surface area contributed by atoms with Crippen LogP contribution < -0.4 is 16.0 Å². The van der Waals surface area contributed by atoms with E-state index < -0.39 is 6.29 Å². The summed E-state index contributed by atoms with van der Waals surface area (Å²) in [4.78, 5) is 31.4. The van der Waals surface area contributed by atoms with E-state index in [1.165, 1.54) is 18.2 Å². The van der Waals surface area contributed by atoms with Crippen molar-refractivity contribution in [3.8, 4) is 0 Å². The SMILES string of the molecule is CCC(C(=O)Nc1nccc2c(C3=NC(Nc4cccc(SC)c4F)NC=C3C)c[nH]c12)N1CC2CC(C1)N2C. The molecule has 3 saturated heterocycles. The molecule has 6 heterocycles. The number of carbonyl (C=O) groups is 1. The highest BCUT2D eigenvalue weighted by molar-refractivity contribution is 7.98. The van der Waals surface area contributed by atoms with Crippen molar-refractivity contribution in [2.45, 2.75) is 56.0 Å². The van der Waals surface area contributed by atoms with Gasteiger partial charge >= 0.3 is 0 Å². The van der Waals surface area contributed by atoms with Gasteiger partial charge in [-0.2, -0.15) is 0 Å². The molecule has 4 aliphatic heterocycles. The lowest BCUT2D eigenvalue weighted by atomic mass is 9.87. The number of hydrogen-bond acceptors (Lipinski definition) is 8. The largest absolute Gasteiger partial charge is 0.357 e. The molecule has 3 aromatic rings. The van der Waals surface area contributed by atoms with Crippen LogP contribution in [0, 0.1) is 5.82 Å². The van der Waals surface area contributed by atoms with Crippen LogP contribution in [-0.2, 0) is 4.79 Å². The van der Waals surface area contributed by atoms with Crippen LogP contribution in [0.5, 0.6) is 0 Å². The summed E-state index contributed by atoms with van der Waals surface area (Å²) in [5, 5.41) is 10.4. The predicted octanol–water partition coefficient (Wildman–Crippen LogP) is 4.22. The van der Waals surface area contributed by atoms with E-state index in [1.807, 2.05) is 37.7 Å². The smallest absolute Gasteiger partial charge is 0.242 e. The minimum atomic E-state index is -0.545. The number of pyridine rings is 1. The number of thioether (sulfide) groups is 1. The van der Waals surface area contributed by atoms with Gasteiger partial charge in [-0.25, -0.2) is 14.4 Å². The Morgan fingerprint density at radius 3 is 2.80 bits per heavy atom. The first kappa shape index (κ1) is 26.8. The van der Waals surface area contributed by atoms with Crippen molar-refractivity contribution in [2.75, 3.05) is 37.0 Å². The molecule has 7 rings (SSSR count).